The Morgan fingerprint density at radius 3 is 2.61 bits per heavy atom. The number of aryl methyl sites for hydroxylation is 2. The van der Waals surface area contributed by atoms with Crippen LogP contribution < -0.4 is 10.6 Å². The molecule has 28 heavy (non-hydrogen) atoms. The zero-order valence-corrected chi connectivity index (χ0v) is 17.2. The van der Waals surface area contributed by atoms with E-state index in [2.05, 4.69) is 31.5 Å². The highest BCUT2D eigenvalue weighted by molar-refractivity contribution is 9.10. The molecule has 0 saturated carbocycles. The zero-order valence-electron chi connectivity index (χ0n) is 15.6. The van der Waals surface area contributed by atoms with E-state index >= 15 is 0 Å². The number of nitrogens with zero attached hydrogens (tertiary/aromatic N) is 1. The molecule has 0 fully saturated rings. The Labute approximate surface area is 171 Å². The lowest BCUT2D eigenvalue weighted by molar-refractivity contribution is -0.116. The van der Waals surface area contributed by atoms with Crippen LogP contribution in [0, 0.1) is 13.8 Å². The Morgan fingerprint density at radius 2 is 1.86 bits per heavy atom. The van der Waals surface area contributed by atoms with Crippen LogP contribution in [0.3, 0.4) is 0 Å². The number of nitrogens with one attached hydrogen (secondary N) is 2. The number of carbonyl (C=O) groups is 2. The van der Waals surface area contributed by atoms with Crippen molar-refractivity contribution in [1.82, 2.24) is 10.3 Å². The Bertz CT molecular complexity index is 999. The fraction of sp³-hybridized carbons (Fsp3) is 0.190. The lowest BCUT2D eigenvalue weighted by Gasteiger charge is -2.09. The van der Waals surface area contributed by atoms with Gasteiger partial charge in [-0.15, -0.1) is 0 Å². The van der Waals surface area contributed by atoms with Gasteiger partial charge < -0.3 is 15.1 Å². The van der Waals surface area contributed by atoms with E-state index in [1.165, 1.54) is 0 Å². The molecule has 0 saturated heterocycles. The first kappa shape index (κ1) is 19.8. The van der Waals surface area contributed by atoms with E-state index in [4.69, 9.17) is 4.42 Å². The molecule has 2 N–H and O–H groups in total. The van der Waals surface area contributed by atoms with E-state index < -0.39 is 0 Å². The Morgan fingerprint density at radius 1 is 1.11 bits per heavy atom. The summed E-state index contributed by atoms with van der Waals surface area (Å²) >= 11 is 3.39. The van der Waals surface area contributed by atoms with Gasteiger partial charge in [-0.1, -0.05) is 40.2 Å². The maximum absolute atomic E-state index is 12.4. The predicted octanol–water partition coefficient (Wildman–Crippen LogP) is 4.48. The molecule has 0 aliphatic heterocycles. The van der Waals surface area contributed by atoms with E-state index in [1.807, 2.05) is 55.5 Å². The summed E-state index contributed by atoms with van der Waals surface area (Å²) < 4.78 is 6.48. The highest BCUT2D eigenvalue weighted by Crippen LogP contribution is 2.22. The third kappa shape index (κ3) is 4.86. The Balaban J connectivity index is 1.55. The standard InChI is InChI=1S/C21H20BrN3O3/c1-13-8-9-16(22)12-17(13)24-18(26)10-11-23-20(27)19-14(2)28-21(25-19)15-6-4-3-5-7-15/h3-9,12H,10-11H2,1-2H3,(H,23,27)(H,24,26). The van der Waals surface area contributed by atoms with E-state index in [1.54, 1.807) is 6.92 Å². The largest absolute Gasteiger partial charge is 0.441 e. The number of benzene rings is 2. The summed E-state index contributed by atoms with van der Waals surface area (Å²) in [4.78, 5) is 28.8. The van der Waals surface area contributed by atoms with Crippen LogP contribution in [0.15, 0.2) is 57.4 Å². The first-order chi connectivity index (χ1) is 13.4. The summed E-state index contributed by atoms with van der Waals surface area (Å²) in [6.07, 6.45) is 0.153. The molecule has 2 aromatic carbocycles. The third-order valence-corrected chi connectivity index (χ3v) is 4.64. The number of hydrogen-bond donors (Lipinski definition) is 2. The van der Waals surface area contributed by atoms with Crippen molar-refractivity contribution in [3.8, 4) is 11.5 Å². The van der Waals surface area contributed by atoms with Crippen LogP contribution >= 0.6 is 15.9 Å². The summed E-state index contributed by atoms with van der Waals surface area (Å²) in [6.45, 7) is 3.81. The SMILES string of the molecule is Cc1ccc(Br)cc1NC(=O)CCNC(=O)c1nc(-c2ccccc2)oc1C. The van der Waals surface area contributed by atoms with Gasteiger partial charge in [-0.2, -0.15) is 0 Å². The molecule has 0 atom stereocenters. The van der Waals surface area contributed by atoms with Crippen LogP contribution in [0.4, 0.5) is 5.69 Å². The molecule has 7 heteroatoms. The molecule has 6 nitrogen and oxygen atoms in total. The number of anilines is 1. The maximum atomic E-state index is 12.4. The lowest BCUT2D eigenvalue weighted by Crippen LogP contribution is -2.28. The van der Waals surface area contributed by atoms with E-state index in [-0.39, 0.29) is 30.5 Å². The van der Waals surface area contributed by atoms with Crippen molar-refractivity contribution in [2.24, 2.45) is 0 Å². The molecule has 1 aromatic heterocycles. The summed E-state index contributed by atoms with van der Waals surface area (Å²) in [5, 5.41) is 5.56. The van der Waals surface area contributed by atoms with Crippen molar-refractivity contribution in [3.63, 3.8) is 0 Å². The maximum Gasteiger partial charge on any atom is 0.273 e. The molecule has 2 amide bonds. The highest BCUT2D eigenvalue weighted by atomic mass is 79.9. The first-order valence-corrected chi connectivity index (χ1v) is 9.60. The van der Waals surface area contributed by atoms with Gasteiger partial charge in [-0.05, 0) is 43.7 Å². The molecule has 3 rings (SSSR count). The van der Waals surface area contributed by atoms with Crippen molar-refractivity contribution >= 4 is 33.4 Å². The van der Waals surface area contributed by atoms with Crippen LogP contribution in [-0.2, 0) is 4.79 Å². The van der Waals surface area contributed by atoms with Gasteiger partial charge in [0.1, 0.15) is 5.76 Å². The number of rotatable bonds is 6. The predicted molar refractivity (Wildman–Crippen MR) is 111 cm³/mol. The van der Waals surface area contributed by atoms with Gasteiger partial charge in [0.05, 0.1) is 0 Å². The van der Waals surface area contributed by atoms with E-state index in [9.17, 15) is 9.59 Å². The van der Waals surface area contributed by atoms with Crippen molar-refractivity contribution in [3.05, 3.63) is 70.0 Å². The number of carbonyl (C=O) groups excluding carboxylic acids is 2. The Hall–Kier alpha value is -2.93. The lowest BCUT2D eigenvalue weighted by atomic mass is 10.2. The minimum atomic E-state index is -0.366. The smallest absolute Gasteiger partial charge is 0.273 e. The summed E-state index contributed by atoms with van der Waals surface area (Å²) in [5.74, 6) is 0.287. The molecule has 0 radical (unpaired) electrons. The molecule has 0 unspecified atom stereocenters. The van der Waals surface area contributed by atoms with Crippen LogP contribution in [0.5, 0.6) is 0 Å². The minimum absolute atomic E-state index is 0.153. The zero-order chi connectivity index (χ0) is 20.1. The second-order valence-corrected chi connectivity index (χ2v) is 7.22. The average molecular weight is 442 g/mol. The number of hydrogen-bond acceptors (Lipinski definition) is 4. The first-order valence-electron chi connectivity index (χ1n) is 8.81. The van der Waals surface area contributed by atoms with Crippen LogP contribution in [0.1, 0.15) is 28.2 Å². The van der Waals surface area contributed by atoms with Gasteiger partial charge in [-0.25, -0.2) is 4.98 Å². The molecule has 0 aliphatic carbocycles. The third-order valence-electron chi connectivity index (χ3n) is 4.14. The summed E-state index contributed by atoms with van der Waals surface area (Å²) in [7, 11) is 0. The molecule has 0 aliphatic rings. The number of aromatic nitrogens is 1. The fourth-order valence-corrected chi connectivity index (χ4v) is 2.99. The number of amides is 2. The molecular weight excluding hydrogens is 422 g/mol. The molecule has 0 spiro atoms. The normalized spacial score (nSPS) is 10.5. The van der Waals surface area contributed by atoms with Crippen molar-refractivity contribution in [2.75, 3.05) is 11.9 Å². The van der Waals surface area contributed by atoms with Gasteiger partial charge in [0, 0.05) is 28.7 Å². The second kappa shape index (κ2) is 8.84. The average Bonchev–Trinajstić information content (AvgIpc) is 3.07. The molecule has 3 aromatic rings. The quantitative estimate of drug-likeness (QED) is 0.590. The molecular formula is C21H20BrN3O3. The number of halogens is 1. The summed E-state index contributed by atoms with van der Waals surface area (Å²) in [6, 6.07) is 15.0. The van der Waals surface area contributed by atoms with Crippen LogP contribution in [0.2, 0.25) is 0 Å². The highest BCUT2D eigenvalue weighted by Gasteiger charge is 2.18. The van der Waals surface area contributed by atoms with Crippen molar-refractivity contribution < 1.29 is 14.0 Å². The van der Waals surface area contributed by atoms with Gasteiger partial charge >= 0.3 is 0 Å². The van der Waals surface area contributed by atoms with Gasteiger partial charge in [-0.3, -0.25) is 9.59 Å². The van der Waals surface area contributed by atoms with E-state index in [0.29, 0.717) is 11.7 Å². The second-order valence-electron chi connectivity index (χ2n) is 6.30. The van der Waals surface area contributed by atoms with Gasteiger partial charge in [0.15, 0.2) is 5.69 Å². The van der Waals surface area contributed by atoms with Gasteiger partial charge in [0.2, 0.25) is 11.8 Å². The fourth-order valence-electron chi connectivity index (χ4n) is 2.63. The summed E-state index contributed by atoms with van der Waals surface area (Å²) in [5.41, 5.74) is 2.73. The Kier molecular flexibility index (Phi) is 6.26. The minimum Gasteiger partial charge on any atom is -0.441 e. The molecule has 1 heterocycles. The molecule has 0 bridgehead atoms. The topological polar surface area (TPSA) is 84.2 Å². The van der Waals surface area contributed by atoms with Crippen LogP contribution in [0.25, 0.3) is 11.5 Å². The van der Waals surface area contributed by atoms with Gasteiger partial charge in [0.25, 0.3) is 5.91 Å². The number of oxazole rings is 1. The molecule has 144 valence electrons. The van der Waals surface area contributed by atoms with Crippen molar-refractivity contribution in [2.45, 2.75) is 20.3 Å². The van der Waals surface area contributed by atoms with E-state index in [0.717, 1.165) is 21.3 Å². The van der Waals surface area contributed by atoms with Crippen LogP contribution in [-0.4, -0.2) is 23.3 Å². The van der Waals surface area contributed by atoms with Crippen molar-refractivity contribution in [1.29, 1.82) is 0 Å². The monoisotopic (exact) mass is 441 g/mol.